The lowest BCUT2D eigenvalue weighted by molar-refractivity contribution is 0.982. The molecule has 1 aromatic heterocycles. The standard InChI is InChI=1S/C15H16ClN5/c1-3-21-11-7-5-4-6-10(11)19-14(21)12(17)13-9(2)8-18-15(16)20-13/h4-8,19H,3,17H2,1-2H3/b14-12-. The van der Waals surface area contributed by atoms with Crippen LogP contribution in [0.2, 0.25) is 5.28 Å². The van der Waals surface area contributed by atoms with Crippen LogP contribution in [0.25, 0.3) is 5.70 Å². The summed E-state index contributed by atoms with van der Waals surface area (Å²) >= 11 is 5.89. The zero-order chi connectivity index (χ0) is 15.0. The first-order valence-electron chi connectivity index (χ1n) is 6.74. The summed E-state index contributed by atoms with van der Waals surface area (Å²) in [5.74, 6) is 0.830. The van der Waals surface area contributed by atoms with Gasteiger partial charge in [0.15, 0.2) is 0 Å². The van der Waals surface area contributed by atoms with Gasteiger partial charge in [-0.3, -0.25) is 0 Å². The summed E-state index contributed by atoms with van der Waals surface area (Å²) in [5.41, 5.74) is 10.6. The van der Waals surface area contributed by atoms with E-state index in [4.69, 9.17) is 17.3 Å². The Morgan fingerprint density at radius 2 is 2.14 bits per heavy atom. The number of nitrogens with two attached hydrogens (primary N) is 1. The summed E-state index contributed by atoms with van der Waals surface area (Å²) in [4.78, 5) is 10.3. The van der Waals surface area contributed by atoms with Crippen molar-refractivity contribution in [2.75, 3.05) is 16.8 Å². The molecule has 0 fully saturated rings. The van der Waals surface area contributed by atoms with E-state index in [0.29, 0.717) is 11.4 Å². The van der Waals surface area contributed by atoms with Crippen LogP contribution in [0, 0.1) is 6.92 Å². The van der Waals surface area contributed by atoms with Gasteiger partial charge in [0.1, 0.15) is 5.82 Å². The third-order valence-electron chi connectivity index (χ3n) is 3.49. The van der Waals surface area contributed by atoms with E-state index in [1.807, 2.05) is 25.1 Å². The van der Waals surface area contributed by atoms with Crippen molar-refractivity contribution in [3.05, 3.63) is 52.8 Å². The van der Waals surface area contributed by atoms with Gasteiger partial charge in [-0.1, -0.05) is 12.1 Å². The molecule has 6 heteroatoms. The number of rotatable bonds is 2. The molecule has 3 N–H and O–H groups in total. The van der Waals surface area contributed by atoms with Gasteiger partial charge in [0.25, 0.3) is 0 Å². The number of benzene rings is 1. The monoisotopic (exact) mass is 301 g/mol. The molecule has 21 heavy (non-hydrogen) atoms. The second kappa shape index (κ2) is 5.26. The molecule has 1 aliphatic heterocycles. The van der Waals surface area contributed by atoms with Gasteiger partial charge in [-0.25, -0.2) is 9.97 Å². The maximum absolute atomic E-state index is 6.34. The second-order valence-corrected chi connectivity index (χ2v) is 5.16. The molecular formula is C15H16ClN5. The summed E-state index contributed by atoms with van der Waals surface area (Å²) < 4.78 is 0. The van der Waals surface area contributed by atoms with Crippen molar-refractivity contribution in [2.45, 2.75) is 13.8 Å². The highest BCUT2D eigenvalue weighted by Crippen LogP contribution is 2.37. The maximum Gasteiger partial charge on any atom is 0.222 e. The quantitative estimate of drug-likeness (QED) is 0.835. The molecule has 0 atom stereocenters. The predicted molar refractivity (Wildman–Crippen MR) is 86.0 cm³/mol. The Labute approximate surface area is 128 Å². The number of hydrogen-bond acceptors (Lipinski definition) is 5. The van der Waals surface area contributed by atoms with Crippen LogP contribution in [0.1, 0.15) is 18.2 Å². The summed E-state index contributed by atoms with van der Waals surface area (Å²) in [6.07, 6.45) is 1.68. The molecule has 2 heterocycles. The molecule has 0 spiro atoms. The van der Waals surface area contributed by atoms with Crippen molar-refractivity contribution in [1.82, 2.24) is 9.97 Å². The van der Waals surface area contributed by atoms with Crippen LogP contribution >= 0.6 is 11.6 Å². The van der Waals surface area contributed by atoms with Gasteiger partial charge in [0.05, 0.1) is 22.8 Å². The Balaban J connectivity index is 2.12. The number of halogens is 1. The molecule has 1 aliphatic rings. The van der Waals surface area contributed by atoms with E-state index in [1.54, 1.807) is 6.20 Å². The van der Waals surface area contributed by atoms with Crippen molar-refractivity contribution < 1.29 is 0 Å². The Kier molecular flexibility index (Phi) is 3.43. The molecule has 0 saturated carbocycles. The van der Waals surface area contributed by atoms with E-state index in [-0.39, 0.29) is 5.28 Å². The highest BCUT2D eigenvalue weighted by molar-refractivity contribution is 6.28. The van der Waals surface area contributed by atoms with Gasteiger partial charge in [-0.15, -0.1) is 0 Å². The van der Waals surface area contributed by atoms with Crippen molar-refractivity contribution in [1.29, 1.82) is 0 Å². The average molecular weight is 302 g/mol. The zero-order valence-electron chi connectivity index (χ0n) is 11.9. The zero-order valence-corrected chi connectivity index (χ0v) is 12.6. The molecule has 108 valence electrons. The highest BCUT2D eigenvalue weighted by atomic mass is 35.5. The lowest BCUT2D eigenvalue weighted by Crippen LogP contribution is -2.24. The van der Waals surface area contributed by atoms with Crippen molar-refractivity contribution in [3.8, 4) is 0 Å². The number of nitrogens with zero attached hydrogens (tertiary/aromatic N) is 3. The first kappa shape index (κ1) is 13.7. The van der Waals surface area contributed by atoms with Crippen LogP contribution in [-0.2, 0) is 0 Å². The fourth-order valence-electron chi connectivity index (χ4n) is 2.48. The molecule has 2 aromatic rings. The molecule has 0 amide bonds. The lowest BCUT2D eigenvalue weighted by atomic mass is 10.2. The van der Waals surface area contributed by atoms with Crippen molar-refractivity contribution >= 4 is 28.7 Å². The summed E-state index contributed by atoms with van der Waals surface area (Å²) in [6.45, 7) is 4.80. The van der Waals surface area contributed by atoms with E-state index in [9.17, 15) is 0 Å². The summed E-state index contributed by atoms with van der Waals surface area (Å²) in [5, 5.41) is 3.55. The number of aromatic nitrogens is 2. The van der Waals surface area contributed by atoms with Gasteiger partial charge < -0.3 is 16.0 Å². The minimum atomic E-state index is 0.192. The Hall–Kier alpha value is -2.27. The first-order chi connectivity index (χ1) is 10.1. The van der Waals surface area contributed by atoms with Gasteiger partial charge >= 0.3 is 0 Å². The van der Waals surface area contributed by atoms with E-state index >= 15 is 0 Å². The average Bonchev–Trinajstić information content (AvgIpc) is 2.87. The van der Waals surface area contributed by atoms with Gasteiger partial charge in [-0.05, 0) is 43.1 Å². The third-order valence-corrected chi connectivity index (χ3v) is 3.67. The van der Waals surface area contributed by atoms with Crippen LogP contribution < -0.4 is 16.0 Å². The number of nitrogens with one attached hydrogen (secondary N) is 1. The first-order valence-corrected chi connectivity index (χ1v) is 7.12. The van der Waals surface area contributed by atoms with Gasteiger partial charge in [0, 0.05) is 12.7 Å². The number of fused-ring (bicyclic) bond motifs is 1. The van der Waals surface area contributed by atoms with Crippen LogP contribution in [0.5, 0.6) is 0 Å². The van der Waals surface area contributed by atoms with Gasteiger partial charge in [0.2, 0.25) is 5.28 Å². The topological polar surface area (TPSA) is 67.1 Å². The molecular weight excluding hydrogens is 286 g/mol. The van der Waals surface area contributed by atoms with E-state index in [0.717, 1.165) is 29.3 Å². The van der Waals surface area contributed by atoms with E-state index in [2.05, 4.69) is 33.2 Å². The van der Waals surface area contributed by atoms with Crippen LogP contribution in [0.3, 0.4) is 0 Å². The molecule has 0 saturated heterocycles. The molecule has 0 radical (unpaired) electrons. The minimum Gasteiger partial charge on any atom is -0.394 e. The Bertz CT molecular complexity index is 726. The summed E-state index contributed by atoms with van der Waals surface area (Å²) in [6, 6.07) is 8.09. The molecule has 5 nitrogen and oxygen atoms in total. The second-order valence-electron chi connectivity index (χ2n) is 4.82. The molecule has 0 bridgehead atoms. The predicted octanol–water partition coefficient (Wildman–Crippen LogP) is 2.98. The van der Waals surface area contributed by atoms with Gasteiger partial charge in [-0.2, -0.15) is 0 Å². The third kappa shape index (κ3) is 2.29. The summed E-state index contributed by atoms with van der Waals surface area (Å²) in [7, 11) is 0. The number of hydrogen-bond donors (Lipinski definition) is 2. The molecule has 0 unspecified atom stereocenters. The highest BCUT2D eigenvalue weighted by Gasteiger charge is 2.25. The number of aryl methyl sites for hydroxylation is 1. The van der Waals surface area contributed by atoms with Crippen molar-refractivity contribution in [3.63, 3.8) is 0 Å². The number of para-hydroxylation sites is 2. The van der Waals surface area contributed by atoms with E-state index in [1.165, 1.54) is 0 Å². The minimum absolute atomic E-state index is 0.192. The van der Waals surface area contributed by atoms with Crippen LogP contribution in [-0.4, -0.2) is 16.5 Å². The maximum atomic E-state index is 6.34. The molecule has 1 aromatic carbocycles. The lowest BCUT2D eigenvalue weighted by Gasteiger charge is -2.20. The largest absolute Gasteiger partial charge is 0.394 e. The van der Waals surface area contributed by atoms with Crippen LogP contribution in [0.15, 0.2) is 36.3 Å². The Morgan fingerprint density at radius 1 is 1.38 bits per heavy atom. The molecule has 0 aliphatic carbocycles. The van der Waals surface area contributed by atoms with Crippen LogP contribution in [0.4, 0.5) is 11.4 Å². The normalized spacial score (nSPS) is 15.7. The Morgan fingerprint density at radius 3 is 2.90 bits per heavy atom. The fraction of sp³-hybridized carbons (Fsp3) is 0.200. The number of anilines is 2. The SMILES string of the molecule is CCN1/C(=C(\N)c2nc(Cl)ncc2C)Nc2ccccc21. The molecule has 3 rings (SSSR count). The fourth-order valence-corrected chi connectivity index (χ4v) is 2.61. The smallest absolute Gasteiger partial charge is 0.222 e. The van der Waals surface area contributed by atoms with E-state index < -0.39 is 0 Å². The van der Waals surface area contributed by atoms with Crippen molar-refractivity contribution in [2.24, 2.45) is 5.73 Å².